The average molecular weight is 212 g/mol. The average Bonchev–Trinajstić information content (AvgIpc) is 2.33. The fourth-order valence-electron chi connectivity index (χ4n) is 1.77. The van der Waals surface area contributed by atoms with E-state index in [1.54, 1.807) is 6.07 Å². The molecule has 0 aliphatic rings. The van der Waals surface area contributed by atoms with Gasteiger partial charge in [0.25, 0.3) is 0 Å². The van der Waals surface area contributed by atoms with E-state index in [0.29, 0.717) is 5.75 Å². The number of aromatic hydroxyl groups is 1. The van der Waals surface area contributed by atoms with Crippen molar-refractivity contribution in [3.8, 4) is 16.9 Å². The van der Waals surface area contributed by atoms with E-state index in [9.17, 15) is 5.11 Å². The Labute approximate surface area is 96.4 Å². The van der Waals surface area contributed by atoms with Gasteiger partial charge in [-0.05, 0) is 47.7 Å². The highest BCUT2D eigenvalue weighted by molar-refractivity contribution is 5.65. The van der Waals surface area contributed by atoms with E-state index in [-0.39, 0.29) is 0 Å². The maximum absolute atomic E-state index is 9.47. The molecule has 0 saturated heterocycles. The molecule has 0 unspecified atom stereocenters. The van der Waals surface area contributed by atoms with E-state index in [4.69, 9.17) is 0 Å². The molecule has 2 aromatic carbocycles. The Kier molecular flexibility index (Phi) is 2.95. The van der Waals surface area contributed by atoms with E-state index in [1.165, 1.54) is 11.1 Å². The molecule has 0 aliphatic carbocycles. The molecule has 82 valence electrons. The van der Waals surface area contributed by atoms with Crippen LogP contribution in [-0.4, -0.2) is 5.11 Å². The zero-order valence-corrected chi connectivity index (χ0v) is 9.70. The number of phenols is 1. The van der Waals surface area contributed by atoms with Gasteiger partial charge in [0.1, 0.15) is 5.75 Å². The Hall–Kier alpha value is -1.76. The molecule has 1 nitrogen and oxygen atoms in total. The summed E-state index contributed by atoms with van der Waals surface area (Å²) in [6, 6.07) is 14.3. The predicted molar refractivity (Wildman–Crippen MR) is 67.7 cm³/mol. The number of hydrogen-bond acceptors (Lipinski definition) is 1. The number of benzene rings is 2. The van der Waals surface area contributed by atoms with Crippen LogP contribution >= 0.6 is 0 Å². The van der Waals surface area contributed by atoms with E-state index in [2.05, 4.69) is 31.2 Å². The van der Waals surface area contributed by atoms with Crippen LogP contribution in [0.4, 0.5) is 0 Å². The van der Waals surface area contributed by atoms with Gasteiger partial charge >= 0.3 is 0 Å². The summed E-state index contributed by atoms with van der Waals surface area (Å²) in [4.78, 5) is 0. The lowest BCUT2D eigenvalue weighted by Gasteiger charge is -2.05. The monoisotopic (exact) mass is 212 g/mol. The molecule has 0 fully saturated rings. The maximum atomic E-state index is 9.47. The molecule has 0 radical (unpaired) electrons. The fourth-order valence-corrected chi connectivity index (χ4v) is 1.77. The Morgan fingerprint density at radius 1 is 0.938 bits per heavy atom. The summed E-state index contributed by atoms with van der Waals surface area (Å²) in [5, 5.41) is 9.47. The first-order valence-electron chi connectivity index (χ1n) is 5.59. The van der Waals surface area contributed by atoms with Gasteiger partial charge in [-0.3, -0.25) is 0 Å². The standard InChI is InChI=1S/C15H16O/c1-3-12-4-6-13(7-5-12)14-8-9-15(16)11(2)10-14/h4-10,16H,3H2,1-2H3. The first-order chi connectivity index (χ1) is 7.70. The summed E-state index contributed by atoms with van der Waals surface area (Å²) in [6.07, 6.45) is 1.06. The van der Waals surface area contributed by atoms with Crippen LogP contribution in [-0.2, 0) is 6.42 Å². The van der Waals surface area contributed by atoms with Crippen LogP contribution in [0.2, 0.25) is 0 Å². The smallest absolute Gasteiger partial charge is 0.118 e. The van der Waals surface area contributed by atoms with Gasteiger partial charge in [0.15, 0.2) is 0 Å². The molecule has 2 rings (SSSR count). The van der Waals surface area contributed by atoms with E-state index >= 15 is 0 Å². The van der Waals surface area contributed by atoms with E-state index < -0.39 is 0 Å². The molecule has 0 aliphatic heterocycles. The van der Waals surface area contributed by atoms with Crippen molar-refractivity contribution in [2.24, 2.45) is 0 Å². The molecular formula is C15H16O. The third-order valence-corrected chi connectivity index (χ3v) is 2.89. The Morgan fingerprint density at radius 2 is 1.56 bits per heavy atom. The second-order valence-electron chi connectivity index (χ2n) is 4.05. The van der Waals surface area contributed by atoms with Gasteiger partial charge < -0.3 is 5.11 Å². The second kappa shape index (κ2) is 4.40. The van der Waals surface area contributed by atoms with Gasteiger partial charge in [0.05, 0.1) is 0 Å². The molecule has 16 heavy (non-hydrogen) atoms. The number of hydrogen-bond donors (Lipinski definition) is 1. The summed E-state index contributed by atoms with van der Waals surface area (Å²) in [7, 11) is 0. The van der Waals surface area contributed by atoms with Gasteiger partial charge in [0, 0.05) is 0 Å². The van der Waals surface area contributed by atoms with Crippen molar-refractivity contribution in [2.75, 3.05) is 0 Å². The van der Waals surface area contributed by atoms with E-state index in [1.807, 2.05) is 19.1 Å². The van der Waals surface area contributed by atoms with Crippen molar-refractivity contribution in [3.63, 3.8) is 0 Å². The lowest BCUT2D eigenvalue weighted by molar-refractivity contribution is 0.471. The van der Waals surface area contributed by atoms with Crippen LogP contribution in [0.15, 0.2) is 42.5 Å². The summed E-state index contributed by atoms with van der Waals surface area (Å²) >= 11 is 0. The van der Waals surface area contributed by atoms with Crippen LogP contribution in [0.5, 0.6) is 5.75 Å². The van der Waals surface area contributed by atoms with Crippen molar-refractivity contribution in [1.82, 2.24) is 0 Å². The summed E-state index contributed by atoms with van der Waals surface area (Å²) in [5.74, 6) is 0.355. The molecule has 1 N–H and O–H groups in total. The van der Waals surface area contributed by atoms with Crippen LogP contribution in [0.25, 0.3) is 11.1 Å². The number of aryl methyl sites for hydroxylation is 2. The summed E-state index contributed by atoms with van der Waals surface area (Å²) in [6.45, 7) is 4.07. The van der Waals surface area contributed by atoms with Crippen molar-refractivity contribution in [2.45, 2.75) is 20.3 Å². The van der Waals surface area contributed by atoms with Crippen LogP contribution in [0.3, 0.4) is 0 Å². The molecule has 0 spiro atoms. The normalized spacial score (nSPS) is 10.4. The molecule has 0 amide bonds. The number of rotatable bonds is 2. The second-order valence-corrected chi connectivity index (χ2v) is 4.05. The van der Waals surface area contributed by atoms with E-state index in [0.717, 1.165) is 17.5 Å². The molecule has 0 bridgehead atoms. The van der Waals surface area contributed by atoms with Gasteiger partial charge in [-0.25, -0.2) is 0 Å². The van der Waals surface area contributed by atoms with Gasteiger partial charge in [-0.2, -0.15) is 0 Å². The highest BCUT2D eigenvalue weighted by atomic mass is 16.3. The zero-order chi connectivity index (χ0) is 11.5. The van der Waals surface area contributed by atoms with Gasteiger partial charge in [-0.15, -0.1) is 0 Å². The molecule has 0 heterocycles. The first-order valence-corrected chi connectivity index (χ1v) is 5.59. The molecular weight excluding hydrogens is 196 g/mol. The Bertz CT molecular complexity index is 483. The summed E-state index contributed by atoms with van der Waals surface area (Å²) in [5.41, 5.74) is 4.61. The highest BCUT2D eigenvalue weighted by Gasteiger charge is 2.00. The molecule has 1 heteroatoms. The zero-order valence-electron chi connectivity index (χ0n) is 9.70. The van der Waals surface area contributed by atoms with Crippen LogP contribution in [0, 0.1) is 6.92 Å². The van der Waals surface area contributed by atoms with Gasteiger partial charge in [0.2, 0.25) is 0 Å². The SMILES string of the molecule is CCc1ccc(-c2ccc(O)c(C)c2)cc1. The highest BCUT2D eigenvalue weighted by Crippen LogP contribution is 2.25. The van der Waals surface area contributed by atoms with Gasteiger partial charge in [-0.1, -0.05) is 37.3 Å². The molecule has 0 saturated carbocycles. The van der Waals surface area contributed by atoms with Crippen molar-refractivity contribution < 1.29 is 5.11 Å². The lowest BCUT2D eigenvalue weighted by Crippen LogP contribution is -1.83. The minimum Gasteiger partial charge on any atom is -0.508 e. The fraction of sp³-hybridized carbons (Fsp3) is 0.200. The first kappa shape index (κ1) is 10.7. The Balaban J connectivity index is 2.38. The minimum absolute atomic E-state index is 0.355. The third kappa shape index (κ3) is 2.08. The predicted octanol–water partition coefficient (Wildman–Crippen LogP) is 3.93. The number of phenolic OH excluding ortho intramolecular Hbond substituents is 1. The quantitative estimate of drug-likeness (QED) is 0.799. The molecule has 2 aromatic rings. The van der Waals surface area contributed by atoms with Crippen LogP contribution in [0.1, 0.15) is 18.1 Å². The Morgan fingerprint density at radius 3 is 2.12 bits per heavy atom. The van der Waals surface area contributed by atoms with Crippen LogP contribution < -0.4 is 0 Å². The molecule has 0 aromatic heterocycles. The maximum Gasteiger partial charge on any atom is 0.118 e. The lowest BCUT2D eigenvalue weighted by atomic mass is 10.0. The molecule has 0 atom stereocenters. The van der Waals surface area contributed by atoms with Crippen molar-refractivity contribution >= 4 is 0 Å². The third-order valence-electron chi connectivity index (χ3n) is 2.89. The largest absolute Gasteiger partial charge is 0.508 e. The van der Waals surface area contributed by atoms with Crippen molar-refractivity contribution in [3.05, 3.63) is 53.6 Å². The topological polar surface area (TPSA) is 20.2 Å². The minimum atomic E-state index is 0.355. The summed E-state index contributed by atoms with van der Waals surface area (Å²) < 4.78 is 0. The van der Waals surface area contributed by atoms with Crippen molar-refractivity contribution in [1.29, 1.82) is 0 Å².